The molecule has 3 heterocycles. The summed E-state index contributed by atoms with van der Waals surface area (Å²) in [6, 6.07) is 0.765. The Morgan fingerprint density at radius 2 is 1.77 bits per heavy atom. The summed E-state index contributed by atoms with van der Waals surface area (Å²) in [6.07, 6.45) is 10.8. The minimum atomic E-state index is 0.765. The standard InChI is InChI=1S/C18H28N4/c1-14(21-9-2-3-10-21)15-7-11-22(12-8-15)18-16-5-4-6-17(16)19-13-20-18/h13-15H,2-12H2,1H3/t14-/m1/s1. The zero-order valence-corrected chi connectivity index (χ0v) is 13.8. The number of likely N-dealkylation sites (tertiary alicyclic amines) is 1. The van der Waals surface area contributed by atoms with Crippen LogP contribution in [-0.2, 0) is 12.8 Å². The van der Waals surface area contributed by atoms with Crippen molar-refractivity contribution in [3.05, 3.63) is 17.6 Å². The molecule has 0 amide bonds. The third-order valence-corrected chi connectivity index (χ3v) is 6.09. The molecule has 1 atom stereocenters. The van der Waals surface area contributed by atoms with E-state index in [2.05, 4.69) is 26.7 Å². The van der Waals surface area contributed by atoms with Gasteiger partial charge in [0.1, 0.15) is 12.1 Å². The van der Waals surface area contributed by atoms with Crippen molar-refractivity contribution in [2.45, 2.75) is 57.9 Å². The molecule has 0 spiro atoms. The van der Waals surface area contributed by atoms with Crippen molar-refractivity contribution in [2.75, 3.05) is 31.1 Å². The smallest absolute Gasteiger partial charge is 0.135 e. The molecule has 120 valence electrons. The fourth-order valence-corrected chi connectivity index (χ4v) is 4.66. The summed E-state index contributed by atoms with van der Waals surface area (Å²) in [5, 5.41) is 0. The van der Waals surface area contributed by atoms with E-state index in [0.717, 1.165) is 18.4 Å². The van der Waals surface area contributed by atoms with Crippen molar-refractivity contribution in [3.63, 3.8) is 0 Å². The Kier molecular flexibility index (Phi) is 4.03. The summed E-state index contributed by atoms with van der Waals surface area (Å²) in [5.74, 6) is 2.11. The number of anilines is 1. The maximum absolute atomic E-state index is 4.63. The molecule has 0 N–H and O–H groups in total. The second-order valence-electron chi connectivity index (χ2n) is 7.28. The predicted molar refractivity (Wildman–Crippen MR) is 89.3 cm³/mol. The summed E-state index contributed by atoms with van der Waals surface area (Å²) >= 11 is 0. The van der Waals surface area contributed by atoms with Gasteiger partial charge < -0.3 is 9.80 Å². The molecule has 2 saturated heterocycles. The van der Waals surface area contributed by atoms with Crippen LogP contribution in [0.1, 0.15) is 50.3 Å². The highest BCUT2D eigenvalue weighted by molar-refractivity contribution is 5.50. The molecule has 0 saturated carbocycles. The summed E-state index contributed by atoms with van der Waals surface area (Å²) < 4.78 is 0. The molecule has 4 nitrogen and oxygen atoms in total. The van der Waals surface area contributed by atoms with Gasteiger partial charge in [-0.05, 0) is 70.9 Å². The largest absolute Gasteiger partial charge is 0.356 e. The molecule has 4 heteroatoms. The fourth-order valence-electron chi connectivity index (χ4n) is 4.66. The number of hydrogen-bond donors (Lipinski definition) is 0. The van der Waals surface area contributed by atoms with E-state index in [-0.39, 0.29) is 0 Å². The summed E-state index contributed by atoms with van der Waals surface area (Å²) in [6.45, 7) is 7.44. The summed E-state index contributed by atoms with van der Waals surface area (Å²) in [5.41, 5.74) is 2.74. The van der Waals surface area contributed by atoms with Gasteiger partial charge in [0.25, 0.3) is 0 Å². The van der Waals surface area contributed by atoms with E-state index in [1.165, 1.54) is 81.8 Å². The van der Waals surface area contributed by atoms with Gasteiger partial charge in [-0.3, -0.25) is 0 Å². The molecule has 3 aliphatic rings. The Hall–Kier alpha value is -1.16. The number of rotatable bonds is 3. The molecule has 1 aromatic rings. The molecule has 1 aliphatic carbocycles. The lowest BCUT2D eigenvalue weighted by Crippen LogP contribution is -2.43. The predicted octanol–water partition coefficient (Wildman–Crippen LogP) is 2.67. The first kappa shape index (κ1) is 14.4. The van der Waals surface area contributed by atoms with E-state index in [0.29, 0.717) is 0 Å². The van der Waals surface area contributed by atoms with E-state index in [9.17, 15) is 0 Å². The van der Waals surface area contributed by atoms with E-state index >= 15 is 0 Å². The highest BCUT2D eigenvalue weighted by Gasteiger charge is 2.30. The molecule has 2 fully saturated rings. The molecule has 0 unspecified atom stereocenters. The van der Waals surface area contributed by atoms with E-state index in [1.54, 1.807) is 6.33 Å². The van der Waals surface area contributed by atoms with E-state index in [4.69, 9.17) is 0 Å². The van der Waals surface area contributed by atoms with Crippen molar-refractivity contribution in [3.8, 4) is 0 Å². The summed E-state index contributed by atoms with van der Waals surface area (Å²) in [7, 11) is 0. The van der Waals surface area contributed by atoms with Crippen LogP contribution in [0.4, 0.5) is 5.82 Å². The van der Waals surface area contributed by atoms with Gasteiger partial charge in [-0.15, -0.1) is 0 Å². The maximum atomic E-state index is 4.63. The zero-order valence-electron chi connectivity index (χ0n) is 13.8. The molecular weight excluding hydrogens is 272 g/mol. The minimum absolute atomic E-state index is 0.765. The van der Waals surface area contributed by atoms with Crippen molar-refractivity contribution in [1.82, 2.24) is 14.9 Å². The van der Waals surface area contributed by atoms with Gasteiger partial charge in [0.2, 0.25) is 0 Å². The SMILES string of the molecule is C[C@H](C1CCN(c2ncnc3c2CCC3)CC1)N1CCCC1. The van der Waals surface area contributed by atoms with Crippen LogP contribution >= 0.6 is 0 Å². The minimum Gasteiger partial charge on any atom is -0.356 e. The Bertz CT molecular complexity index is 516. The van der Waals surface area contributed by atoms with Gasteiger partial charge in [0.15, 0.2) is 0 Å². The molecule has 0 bridgehead atoms. The van der Waals surface area contributed by atoms with Crippen LogP contribution in [0, 0.1) is 5.92 Å². The van der Waals surface area contributed by atoms with Crippen LogP contribution in [0.15, 0.2) is 6.33 Å². The lowest BCUT2D eigenvalue weighted by molar-refractivity contribution is 0.167. The first-order valence-electron chi connectivity index (χ1n) is 9.14. The highest BCUT2D eigenvalue weighted by atomic mass is 15.2. The Morgan fingerprint density at radius 1 is 1.00 bits per heavy atom. The van der Waals surface area contributed by atoms with Crippen molar-refractivity contribution < 1.29 is 0 Å². The average Bonchev–Trinajstić information content (AvgIpc) is 3.25. The van der Waals surface area contributed by atoms with Gasteiger partial charge in [-0.1, -0.05) is 0 Å². The second kappa shape index (κ2) is 6.15. The highest BCUT2D eigenvalue weighted by Crippen LogP contribution is 2.32. The van der Waals surface area contributed by atoms with Crippen molar-refractivity contribution in [2.24, 2.45) is 5.92 Å². The first-order chi connectivity index (χ1) is 10.8. The quantitative estimate of drug-likeness (QED) is 0.859. The first-order valence-corrected chi connectivity index (χ1v) is 9.14. The number of hydrogen-bond acceptors (Lipinski definition) is 4. The lowest BCUT2D eigenvalue weighted by atomic mass is 9.89. The molecular formula is C18H28N4. The molecule has 22 heavy (non-hydrogen) atoms. The van der Waals surface area contributed by atoms with Crippen LogP contribution in [0.5, 0.6) is 0 Å². The van der Waals surface area contributed by atoms with Gasteiger partial charge in [0, 0.05) is 30.4 Å². The zero-order chi connectivity index (χ0) is 14.9. The van der Waals surface area contributed by atoms with Crippen LogP contribution in [0.2, 0.25) is 0 Å². The van der Waals surface area contributed by atoms with Gasteiger partial charge in [0.05, 0.1) is 0 Å². The normalized spacial score (nSPS) is 24.7. The Morgan fingerprint density at radius 3 is 2.55 bits per heavy atom. The molecule has 0 aromatic carbocycles. The fraction of sp³-hybridized carbons (Fsp3) is 0.778. The Labute approximate surface area is 133 Å². The summed E-state index contributed by atoms with van der Waals surface area (Å²) in [4.78, 5) is 14.3. The molecule has 2 aliphatic heterocycles. The van der Waals surface area contributed by atoms with E-state index in [1.807, 2.05) is 0 Å². The number of fused-ring (bicyclic) bond motifs is 1. The second-order valence-corrected chi connectivity index (χ2v) is 7.28. The number of aryl methyl sites for hydroxylation is 1. The number of aromatic nitrogens is 2. The van der Waals surface area contributed by atoms with Gasteiger partial charge >= 0.3 is 0 Å². The third-order valence-electron chi connectivity index (χ3n) is 6.09. The van der Waals surface area contributed by atoms with Crippen LogP contribution in [0.25, 0.3) is 0 Å². The maximum Gasteiger partial charge on any atom is 0.135 e. The van der Waals surface area contributed by atoms with E-state index < -0.39 is 0 Å². The monoisotopic (exact) mass is 300 g/mol. The van der Waals surface area contributed by atoms with Crippen molar-refractivity contribution >= 4 is 5.82 Å². The third kappa shape index (κ3) is 2.62. The number of nitrogens with zero attached hydrogens (tertiary/aromatic N) is 4. The van der Waals surface area contributed by atoms with Crippen LogP contribution in [-0.4, -0.2) is 47.1 Å². The molecule has 4 rings (SSSR count). The van der Waals surface area contributed by atoms with Crippen LogP contribution in [0.3, 0.4) is 0 Å². The molecule has 1 aromatic heterocycles. The lowest BCUT2D eigenvalue weighted by Gasteiger charge is -2.39. The number of piperidine rings is 1. The van der Waals surface area contributed by atoms with Crippen molar-refractivity contribution in [1.29, 1.82) is 0 Å². The Balaban J connectivity index is 1.41. The topological polar surface area (TPSA) is 32.3 Å². The van der Waals surface area contributed by atoms with Gasteiger partial charge in [-0.25, -0.2) is 9.97 Å². The molecule has 0 radical (unpaired) electrons. The van der Waals surface area contributed by atoms with Gasteiger partial charge in [-0.2, -0.15) is 0 Å². The van der Waals surface area contributed by atoms with Crippen LogP contribution < -0.4 is 4.90 Å². The average molecular weight is 300 g/mol.